The van der Waals surface area contributed by atoms with E-state index in [2.05, 4.69) is 16.8 Å². The molecule has 4 rings (SSSR count). The van der Waals surface area contributed by atoms with Crippen molar-refractivity contribution in [3.8, 4) is 17.6 Å². The highest BCUT2D eigenvalue weighted by Gasteiger charge is 2.34. The van der Waals surface area contributed by atoms with Crippen LogP contribution in [0.4, 0.5) is 22.0 Å². The van der Waals surface area contributed by atoms with Crippen LogP contribution in [-0.2, 0) is 4.79 Å². The fraction of sp³-hybridized carbons (Fsp3) is 0.357. The number of likely N-dealkylation sites (tertiary alicyclic amines) is 1. The maximum absolute atomic E-state index is 15.4. The summed E-state index contributed by atoms with van der Waals surface area (Å²) in [5, 5.41) is 10.1. The first-order valence-corrected chi connectivity index (χ1v) is 12.0. The fourth-order valence-electron chi connectivity index (χ4n) is 4.85. The molecule has 1 aliphatic heterocycles. The summed E-state index contributed by atoms with van der Waals surface area (Å²) in [6, 6.07) is 6.00. The van der Waals surface area contributed by atoms with Crippen molar-refractivity contribution in [1.29, 1.82) is 0 Å². The molecule has 1 N–H and O–H groups in total. The van der Waals surface area contributed by atoms with E-state index in [-0.39, 0.29) is 37.4 Å². The Balaban J connectivity index is 1.42. The number of carboxylic acids is 1. The number of alkyl halides is 1. The highest BCUT2D eigenvalue weighted by Crippen LogP contribution is 2.36. The number of pyridine rings is 1. The highest BCUT2D eigenvalue weighted by atomic mass is 19.2. The van der Waals surface area contributed by atoms with E-state index in [0.717, 1.165) is 12.3 Å². The van der Waals surface area contributed by atoms with Crippen LogP contribution in [0.25, 0.3) is 10.9 Å². The molecule has 2 heterocycles. The Kier molecular flexibility index (Phi) is 8.47. The van der Waals surface area contributed by atoms with Gasteiger partial charge in [0.25, 0.3) is 0 Å². The van der Waals surface area contributed by atoms with Gasteiger partial charge in [-0.15, -0.1) is 0 Å². The smallest absolute Gasteiger partial charge is 0.308 e. The average Bonchev–Trinajstić information content (AvgIpc) is 2.89. The molecule has 0 aliphatic carbocycles. The third-order valence-corrected chi connectivity index (χ3v) is 6.85. The molecule has 0 saturated carbocycles. The zero-order chi connectivity index (χ0) is 27.4. The molecule has 0 amide bonds. The number of methoxy groups -OCH3 is 1. The molecule has 2 unspecified atom stereocenters. The SMILES string of the molecule is COc1ccc2ncc(F)c([C@H](F)CCC3CCN(CC#Cc4cc(F)cc(F)c4F)CC3C(=O)O)c2c1. The second-order valence-corrected chi connectivity index (χ2v) is 9.23. The summed E-state index contributed by atoms with van der Waals surface area (Å²) in [7, 11) is 1.45. The number of nitrogens with zero attached hydrogens (tertiary/aromatic N) is 2. The van der Waals surface area contributed by atoms with Crippen LogP contribution in [-0.4, -0.2) is 47.7 Å². The normalized spacial score (nSPS) is 18.6. The summed E-state index contributed by atoms with van der Waals surface area (Å²) >= 11 is 0. The van der Waals surface area contributed by atoms with Crippen molar-refractivity contribution in [2.45, 2.75) is 25.4 Å². The molecule has 0 spiro atoms. The van der Waals surface area contributed by atoms with Crippen LogP contribution in [0.1, 0.15) is 36.6 Å². The fourth-order valence-corrected chi connectivity index (χ4v) is 4.85. The lowest BCUT2D eigenvalue weighted by molar-refractivity contribution is -0.146. The van der Waals surface area contributed by atoms with Crippen LogP contribution in [0.3, 0.4) is 0 Å². The second-order valence-electron chi connectivity index (χ2n) is 9.23. The van der Waals surface area contributed by atoms with Crippen molar-refractivity contribution >= 4 is 16.9 Å². The number of hydrogen-bond donors (Lipinski definition) is 1. The van der Waals surface area contributed by atoms with Gasteiger partial charge in [-0.1, -0.05) is 11.8 Å². The van der Waals surface area contributed by atoms with E-state index in [4.69, 9.17) is 4.74 Å². The van der Waals surface area contributed by atoms with E-state index in [1.54, 1.807) is 17.0 Å². The summed E-state index contributed by atoms with van der Waals surface area (Å²) in [4.78, 5) is 17.7. The Morgan fingerprint density at radius 1 is 1.21 bits per heavy atom. The van der Waals surface area contributed by atoms with Gasteiger partial charge < -0.3 is 9.84 Å². The van der Waals surface area contributed by atoms with E-state index in [1.807, 2.05) is 0 Å². The van der Waals surface area contributed by atoms with Crippen LogP contribution in [0.15, 0.2) is 36.5 Å². The summed E-state index contributed by atoms with van der Waals surface area (Å²) in [5.41, 5.74) is -0.132. The molecule has 0 bridgehead atoms. The van der Waals surface area contributed by atoms with Gasteiger partial charge in [-0.2, -0.15) is 0 Å². The molecule has 2 aromatic carbocycles. The third kappa shape index (κ3) is 6.05. The number of benzene rings is 2. The molecule has 10 heteroatoms. The molecule has 0 radical (unpaired) electrons. The Morgan fingerprint density at radius 2 is 2.00 bits per heavy atom. The Labute approximate surface area is 216 Å². The molecular weight excluding hydrogens is 507 g/mol. The van der Waals surface area contributed by atoms with Crippen molar-refractivity contribution in [2.75, 3.05) is 26.7 Å². The number of ether oxygens (including phenoxy) is 1. The lowest BCUT2D eigenvalue weighted by Crippen LogP contribution is -2.44. The predicted octanol–water partition coefficient (Wildman–Crippen LogP) is 5.67. The number of hydrogen-bond acceptors (Lipinski definition) is 4. The molecule has 1 saturated heterocycles. The van der Waals surface area contributed by atoms with Gasteiger partial charge in [-0.25, -0.2) is 22.0 Å². The summed E-state index contributed by atoms with van der Waals surface area (Å²) in [6.45, 7) is 0.634. The number of carbonyl (C=O) groups is 1. The molecule has 5 nitrogen and oxygen atoms in total. The first kappa shape index (κ1) is 27.3. The Hall–Kier alpha value is -3.71. The number of piperidine rings is 1. The van der Waals surface area contributed by atoms with E-state index in [0.29, 0.717) is 35.7 Å². The maximum Gasteiger partial charge on any atom is 0.308 e. The van der Waals surface area contributed by atoms with Gasteiger partial charge in [-0.05, 0) is 56.0 Å². The number of aromatic nitrogens is 1. The standard InChI is InChI=1S/C28H25F5N2O3/c1-38-19-5-7-25-20(13-19)26(24(32)14-34-25)22(30)6-4-16-8-10-35(15-21(16)28(36)37)9-2-3-17-11-18(29)12-23(31)27(17)33/h5,7,11-14,16,21-22H,4,6,8-10,15H2,1H3,(H,36,37)/t16?,21?,22-/m1/s1. The topological polar surface area (TPSA) is 62.7 Å². The molecule has 3 aromatic rings. The lowest BCUT2D eigenvalue weighted by atomic mass is 9.81. The molecule has 1 aromatic heterocycles. The molecule has 3 atom stereocenters. The van der Waals surface area contributed by atoms with Crippen LogP contribution in [0, 0.1) is 46.9 Å². The molecule has 1 aliphatic rings. The number of aliphatic carboxylic acids is 1. The third-order valence-electron chi connectivity index (χ3n) is 6.85. The summed E-state index contributed by atoms with van der Waals surface area (Å²) < 4.78 is 75.6. The number of fused-ring (bicyclic) bond motifs is 1. The summed E-state index contributed by atoms with van der Waals surface area (Å²) in [6.07, 6.45) is -0.125. The van der Waals surface area contributed by atoms with Crippen molar-refractivity contribution in [2.24, 2.45) is 11.8 Å². The van der Waals surface area contributed by atoms with Crippen LogP contribution in [0.2, 0.25) is 0 Å². The molecule has 200 valence electrons. The lowest BCUT2D eigenvalue weighted by Gasteiger charge is -2.35. The van der Waals surface area contributed by atoms with Gasteiger partial charge in [0.15, 0.2) is 11.6 Å². The van der Waals surface area contributed by atoms with Crippen LogP contribution < -0.4 is 4.74 Å². The Morgan fingerprint density at radius 3 is 2.74 bits per heavy atom. The van der Waals surface area contributed by atoms with Gasteiger partial charge >= 0.3 is 5.97 Å². The van der Waals surface area contributed by atoms with Crippen molar-refractivity contribution < 1.29 is 36.6 Å². The van der Waals surface area contributed by atoms with E-state index in [1.165, 1.54) is 13.2 Å². The number of halogens is 5. The quantitative estimate of drug-likeness (QED) is 0.242. The highest BCUT2D eigenvalue weighted by molar-refractivity contribution is 5.84. The van der Waals surface area contributed by atoms with Gasteiger partial charge in [0, 0.05) is 23.6 Å². The number of carboxylic acid groups (broad SMARTS) is 1. The zero-order valence-electron chi connectivity index (χ0n) is 20.5. The maximum atomic E-state index is 15.4. The minimum absolute atomic E-state index is 0.0653. The predicted molar refractivity (Wildman–Crippen MR) is 130 cm³/mol. The largest absolute Gasteiger partial charge is 0.497 e. The van der Waals surface area contributed by atoms with Crippen molar-refractivity contribution in [3.63, 3.8) is 0 Å². The molecule has 38 heavy (non-hydrogen) atoms. The van der Waals surface area contributed by atoms with Gasteiger partial charge in [0.2, 0.25) is 0 Å². The van der Waals surface area contributed by atoms with Gasteiger partial charge in [-0.3, -0.25) is 14.7 Å². The monoisotopic (exact) mass is 532 g/mol. The van der Waals surface area contributed by atoms with E-state index < -0.39 is 46.9 Å². The average molecular weight is 533 g/mol. The zero-order valence-corrected chi connectivity index (χ0v) is 20.5. The Bertz CT molecular complexity index is 1400. The minimum atomic E-state index is -1.67. The summed E-state index contributed by atoms with van der Waals surface area (Å²) in [5.74, 6) is -1.09. The molecular formula is C28H25F5N2O3. The van der Waals surface area contributed by atoms with Gasteiger partial charge in [0.1, 0.15) is 23.6 Å². The van der Waals surface area contributed by atoms with Crippen molar-refractivity contribution in [3.05, 3.63) is 70.9 Å². The second kappa shape index (κ2) is 11.8. The molecule has 1 fully saturated rings. The first-order chi connectivity index (χ1) is 18.2. The van der Waals surface area contributed by atoms with Gasteiger partial charge in [0.05, 0.1) is 36.8 Å². The van der Waals surface area contributed by atoms with Crippen LogP contribution >= 0.6 is 0 Å². The first-order valence-electron chi connectivity index (χ1n) is 12.0. The van der Waals surface area contributed by atoms with Crippen molar-refractivity contribution in [1.82, 2.24) is 9.88 Å². The van der Waals surface area contributed by atoms with E-state index >= 15 is 4.39 Å². The van der Waals surface area contributed by atoms with Crippen LogP contribution in [0.5, 0.6) is 5.75 Å². The number of rotatable bonds is 7. The minimum Gasteiger partial charge on any atom is -0.497 e. The van der Waals surface area contributed by atoms with E-state index in [9.17, 15) is 27.5 Å².